The molecule has 0 saturated carbocycles. The van der Waals surface area contributed by atoms with E-state index in [-0.39, 0.29) is 47.2 Å². The number of amides is 3. The number of carbonyl (C=O) groups excluding carboxylic acids is 5. The Hall–Kier alpha value is -7.22. The first-order valence-corrected chi connectivity index (χ1v) is 23.5. The molecule has 6 atom stereocenters. The number of carbonyl (C=O) groups is 5. The second-order valence-corrected chi connectivity index (χ2v) is 17.6. The summed E-state index contributed by atoms with van der Waals surface area (Å²) in [6.45, 7) is 7.25. The Kier molecular flexibility index (Phi) is 20.3. The van der Waals surface area contributed by atoms with Gasteiger partial charge in [-0.2, -0.15) is 0 Å². The van der Waals surface area contributed by atoms with Crippen LogP contribution in [0.3, 0.4) is 0 Å². The second-order valence-electron chi connectivity index (χ2n) is 17.6. The number of methoxy groups -OCH3 is 6. The lowest BCUT2D eigenvalue weighted by Crippen LogP contribution is -2.38. The Morgan fingerprint density at radius 3 is 2.25 bits per heavy atom. The summed E-state index contributed by atoms with van der Waals surface area (Å²) in [6.07, 6.45) is 6.77. The Bertz CT molecular complexity index is 2590. The summed E-state index contributed by atoms with van der Waals surface area (Å²) >= 11 is 0. The van der Waals surface area contributed by atoms with Crippen molar-refractivity contribution in [2.75, 3.05) is 54.5 Å². The molecule has 2 aliphatic rings. The number of anilines is 1. The number of primary amides is 1. The summed E-state index contributed by atoms with van der Waals surface area (Å²) in [5.74, 6) is -0.481. The highest BCUT2D eigenvalue weighted by atomic mass is 16.6. The average molecular weight is 998 g/mol. The third kappa shape index (κ3) is 14.0. The van der Waals surface area contributed by atoms with Gasteiger partial charge in [-0.1, -0.05) is 55.8 Å². The quantitative estimate of drug-likeness (QED) is 0.0523. The number of Topliss-reactive ketones (excluding diaryl/α,β-unsaturated/α-hetero) is 1. The lowest BCUT2D eigenvalue weighted by molar-refractivity contribution is -0.120. The summed E-state index contributed by atoms with van der Waals surface area (Å²) < 4.78 is 44.6. The van der Waals surface area contributed by atoms with E-state index in [2.05, 4.69) is 21.1 Å². The van der Waals surface area contributed by atoms with Gasteiger partial charge in [0, 0.05) is 61.5 Å². The molecule has 0 fully saturated rings. The molecule has 3 amide bonds. The van der Waals surface area contributed by atoms with Crippen molar-refractivity contribution < 1.29 is 66.8 Å². The van der Waals surface area contributed by atoms with Gasteiger partial charge in [0.05, 0.1) is 63.9 Å². The van der Waals surface area contributed by atoms with Gasteiger partial charge in [-0.25, -0.2) is 4.79 Å². The zero-order valence-electron chi connectivity index (χ0n) is 42.5. The Morgan fingerprint density at radius 1 is 0.903 bits per heavy atom. The molecular formula is C53H67N5O14. The number of aliphatic hydroxyl groups excluding tert-OH is 1. The third-order valence-corrected chi connectivity index (χ3v) is 12.5. The van der Waals surface area contributed by atoms with Crippen LogP contribution in [0.15, 0.2) is 99.5 Å². The van der Waals surface area contributed by atoms with Crippen molar-refractivity contribution in [1.82, 2.24) is 15.8 Å². The number of nitrogens with two attached hydrogens (primary N) is 1. The molecule has 2 aromatic carbocycles. The summed E-state index contributed by atoms with van der Waals surface area (Å²) in [6, 6.07) is 8.85. The van der Waals surface area contributed by atoms with Gasteiger partial charge in [-0.15, -0.1) is 0 Å². The molecule has 388 valence electrons. The molecule has 1 aliphatic carbocycles. The van der Waals surface area contributed by atoms with Crippen LogP contribution in [-0.2, 0) is 33.4 Å². The fraction of sp³-hybridized carbons (Fsp3) is 0.434. The molecule has 0 radical (unpaired) electrons. The van der Waals surface area contributed by atoms with E-state index in [4.69, 9.17) is 43.4 Å². The van der Waals surface area contributed by atoms with Crippen molar-refractivity contribution in [1.29, 1.82) is 0 Å². The largest absolute Gasteiger partial charge is 0.495 e. The maximum Gasteiger partial charge on any atom is 0.405 e. The van der Waals surface area contributed by atoms with Crippen LogP contribution in [0.1, 0.15) is 66.2 Å². The maximum absolute atomic E-state index is 14.2. The topological polar surface area (TPSA) is 258 Å². The van der Waals surface area contributed by atoms with Gasteiger partial charge in [-0.05, 0) is 80.9 Å². The van der Waals surface area contributed by atoms with Crippen LogP contribution in [0.4, 0.5) is 10.5 Å². The summed E-state index contributed by atoms with van der Waals surface area (Å²) in [5, 5.41) is 24.3. The van der Waals surface area contributed by atoms with Gasteiger partial charge < -0.3 is 64.5 Å². The van der Waals surface area contributed by atoms with Gasteiger partial charge in [-0.3, -0.25) is 19.2 Å². The summed E-state index contributed by atoms with van der Waals surface area (Å²) in [7, 11) is 8.98. The first-order chi connectivity index (χ1) is 34.5. The van der Waals surface area contributed by atoms with E-state index in [1.807, 2.05) is 13.0 Å². The number of hydrogen-bond donors (Lipinski definition) is 5. The number of ether oxygens (including phenoxy) is 7. The van der Waals surface area contributed by atoms with E-state index in [9.17, 15) is 29.1 Å². The minimum absolute atomic E-state index is 0.115. The highest BCUT2D eigenvalue weighted by Gasteiger charge is 2.34. The number of unbranched alkanes of at least 4 members (excludes halogenated alkanes) is 2. The zero-order valence-corrected chi connectivity index (χ0v) is 42.5. The predicted molar refractivity (Wildman–Crippen MR) is 268 cm³/mol. The lowest BCUT2D eigenvalue weighted by atomic mass is 9.85. The number of allylic oxidation sites excluding steroid dienone is 4. The third-order valence-electron chi connectivity index (χ3n) is 12.5. The van der Waals surface area contributed by atoms with Gasteiger partial charge in [0.15, 0.2) is 23.4 Å². The molecule has 0 unspecified atom stereocenters. The van der Waals surface area contributed by atoms with E-state index >= 15 is 0 Å². The number of nitrogens with zero attached hydrogens (tertiary/aromatic N) is 1. The number of fused-ring (bicyclic) bond motifs is 2. The highest BCUT2D eigenvalue weighted by Crippen LogP contribution is 2.44. The number of aliphatic hydroxyl groups is 1. The smallest absolute Gasteiger partial charge is 0.405 e. The van der Waals surface area contributed by atoms with Crippen LogP contribution in [0.25, 0.3) is 22.5 Å². The summed E-state index contributed by atoms with van der Waals surface area (Å²) in [5.41, 5.74) is 8.72. The molecule has 0 spiro atoms. The SMILES string of the molecule is COc1ccc(-c2cnoc2-c2cc(OC)c(OC)c(OC)c2)cc1NC(=O)CCCCCNC1=C2C[C@@H](C)C[C@H](OC)[C@@H](O)[C@@H](C)/C=C(/C)[C@H](OC(N)=O)[C@@H](OC)/C=C\C=C(\C)C(=O)NC(=CC1=O)C2=O. The minimum Gasteiger partial charge on any atom is -0.495 e. The van der Waals surface area contributed by atoms with Gasteiger partial charge >= 0.3 is 6.09 Å². The average Bonchev–Trinajstić information content (AvgIpc) is 3.86. The minimum atomic E-state index is -1.03. The van der Waals surface area contributed by atoms with Crippen LogP contribution in [0, 0.1) is 11.8 Å². The molecular weight excluding hydrogens is 931 g/mol. The molecule has 19 nitrogen and oxygen atoms in total. The molecule has 0 saturated heterocycles. The van der Waals surface area contributed by atoms with Crippen LogP contribution >= 0.6 is 0 Å². The first kappa shape index (κ1) is 55.7. The predicted octanol–water partition coefficient (Wildman–Crippen LogP) is 6.91. The molecule has 1 aliphatic heterocycles. The standard InChI is InChI=1S/C53H67N5O14/c1-29-21-35-46(39(59)27-38(48(35)62)58-52(63)30(2)15-14-16-41(66-6)49(71-53(54)64)32(4)23-31(3)47(61)42(22-29)67-7)55-20-13-11-12-17-45(60)57-37-24-33(18-19-40(37)65-5)36-28-56-72-50(36)34-25-43(68-8)51(70-10)44(26-34)69-9/h14-16,18-19,23-29,31,41-42,47,49,55,61H,11-13,17,20-22H2,1-10H3,(H2,54,64)(H,57,60)(H,58,63)/b16-14-,30-15-,32-23-/t29-,31+,41+,42+,47+,49+/m1/s1. The molecule has 72 heavy (non-hydrogen) atoms. The Balaban J connectivity index is 1.28. The number of hydrogen-bond acceptors (Lipinski definition) is 16. The van der Waals surface area contributed by atoms with E-state index in [1.165, 1.54) is 55.7 Å². The molecule has 5 rings (SSSR count). The Morgan fingerprint density at radius 2 is 1.61 bits per heavy atom. The van der Waals surface area contributed by atoms with Crippen LogP contribution in [-0.4, -0.2) is 113 Å². The van der Waals surface area contributed by atoms with Crippen molar-refractivity contribution in [3.63, 3.8) is 0 Å². The fourth-order valence-corrected chi connectivity index (χ4v) is 8.63. The van der Waals surface area contributed by atoms with E-state index < -0.39 is 53.9 Å². The monoisotopic (exact) mass is 997 g/mol. The number of nitrogens with one attached hydrogen (secondary N) is 3. The van der Waals surface area contributed by atoms with E-state index in [0.29, 0.717) is 88.9 Å². The zero-order chi connectivity index (χ0) is 52.6. The normalized spacial score (nSPS) is 23.1. The van der Waals surface area contributed by atoms with Gasteiger partial charge in [0.1, 0.15) is 11.9 Å². The van der Waals surface area contributed by atoms with Crippen LogP contribution < -0.4 is 40.6 Å². The molecule has 2 heterocycles. The molecule has 2 bridgehead atoms. The maximum atomic E-state index is 14.2. The van der Waals surface area contributed by atoms with Crippen molar-refractivity contribution in [3.8, 4) is 45.4 Å². The van der Waals surface area contributed by atoms with Crippen molar-refractivity contribution in [3.05, 3.63) is 95.0 Å². The Labute approximate surface area is 419 Å². The highest BCUT2D eigenvalue weighted by molar-refractivity contribution is 6.23. The van der Waals surface area contributed by atoms with Crippen LogP contribution in [0.5, 0.6) is 23.0 Å². The second kappa shape index (κ2) is 26.3. The number of aromatic nitrogens is 1. The number of ketones is 2. The van der Waals surface area contributed by atoms with E-state index in [1.54, 1.807) is 62.5 Å². The fourth-order valence-electron chi connectivity index (χ4n) is 8.63. The van der Waals surface area contributed by atoms with Crippen molar-refractivity contribution >= 4 is 35.2 Å². The van der Waals surface area contributed by atoms with Gasteiger partial charge in [0.2, 0.25) is 23.2 Å². The number of rotatable bonds is 17. The molecule has 1 aromatic heterocycles. The van der Waals surface area contributed by atoms with Crippen molar-refractivity contribution in [2.45, 2.75) is 90.6 Å². The first-order valence-electron chi connectivity index (χ1n) is 23.5. The number of benzene rings is 2. The molecule has 6 N–H and O–H groups in total. The van der Waals surface area contributed by atoms with Gasteiger partial charge in [0.25, 0.3) is 5.91 Å². The summed E-state index contributed by atoms with van der Waals surface area (Å²) in [4.78, 5) is 66.6. The van der Waals surface area contributed by atoms with Crippen molar-refractivity contribution in [2.24, 2.45) is 17.6 Å². The molecule has 3 aromatic rings. The molecule has 19 heteroatoms. The van der Waals surface area contributed by atoms with Crippen LogP contribution in [0.2, 0.25) is 0 Å². The lowest BCUT2D eigenvalue weighted by Gasteiger charge is -2.30. The van der Waals surface area contributed by atoms with E-state index in [0.717, 1.165) is 6.08 Å².